The van der Waals surface area contributed by atoms with Gasteiger partial charge in [0.1, 0.15) is 0 Å². The fourth-order valence-electron chi connectivity index (χ4n) is 5.34. The van der Waals surface area contributed by atoms with Crippen LogP contribution >= 0.6 is 0 Å². The lowest BCUT2D eigenvalue weighted by Gasteiger charge is -2.32. The maximum absolute atomic E-state index is 6.32. The molecule has 1 fully saturated rings. The Labute approximate surface area is 204 Å². The van der Waals surface area contributed by atoms with Crippen molar-refractivity contribution in [2.24, 2.45) is 0 Å². The van der Waals surface area contributed by atoms with Crippen LogP contribution in [0, 0.1) is 0 Å². The molecule has 1 unspecified atom stereocenters. The molecule has 1 heterocycles. The standard InChI is InChI=1S/C31H35BO2/c1-7-8-14-25-21(2)26-18-17-23(20-29(26)28-16-10-9-15-27(25)28)22-12-11-13-24(19-22)32-33-30(3,4)31(5,6)34-32/h7-8,10-14,16-19,23H,2,9,15,20H2,1,3-6H3/b8-7-,25-14+. The van der Waals surface area contributed by atoms with E-state index in [4.69, 9.17) is 9.31 Å². The van der Waals surface area contributed by atoms with Crippen LogP contribution in [0.15, 0.2) is 48.6 Å². The van der Waals surface area contributed by atoms with Gasteiger partial charge in [-0.05, 0) is 97.6 Å². The first-order valence-corrected chi connectivity index (χ1v) is 12.5. The fourth-order valence-corrected chi connectivity index (χ4v) is 5.34. The van der Waals surface area contributed by atoms with Crippen molar-refractivity contribution >= 4 is 37.4 Å². The molecule has 0 aromatic heterocycles. The molecule has 3 aliphatic rings. The number of hydrogen-bond donors (Lipinski definition) is 0. The highest BCUT2D eigenvalue weighted by Crippen LogP contribution is 2.37. The minimum absolute atomic E-state index is 0.319. The lowest BCUT2D eigenvalue weighted by molar-refractivity contribution is 0.00578. The predicted molar refractivity (Wildman–Crippen MR) is 145 cm³/mol. The lowest BCUT2D eigenvalue weighted by atomic mass is 9.75. The summed E-state index contributed by atoms with van der Waals surface area (Å²) in [4.78, 5) is 0. The van der Waals surface area contributed by atoms with E-state index in [1.54, 1.807) is 0 Å². The molecule has 0 saturated carbocycles. The Balaban J connectivity index is 1.52. The topological polar surface area (TPSA) is 18.5 Å². The second kappa shape index (κ2) is 8.55. The third-order valence-electron chi connectivity index (χ3n) is 8.04. The number of rotatable bonds is 3. The molecule has 1 atom stereocenters. The second-order valence-corrected chi connectivity index (χ2v) is 10.7. The quantitative estimate of drug-likeness (QED) is 0.609. The summed E-state index contributed by atoms with van der Waals surface area (Å²) in [5.74, 6) is 0.319. The van der Waals surface area contributed by atoms with Crippen LogP contribution in [-0.2, 0) is 22.2 Å². The highest BCUT2D eigenvalue weighted by atomic mass is 16.7. The van der Waals surface area contributed by atoms with E-state index in [1.807, 2.05) is 0 Å². The monoisotopic (exact) mass is 450 g/mol. The zero-order valence-corrected chi connectivity index (χ0v) is 21.2. The van der Waals surface area contributed by atoms with Crippen molar-refractivity contribution in [1.29, 1.82) is 0 Å². The van der Waals surface area contributed by atoms with Crippen molar-refractivity contribution < 1.29 is 9.31 Å². The molecule has 34 heavy (non-hydrogen) atoms. The third kappa shape index (κ3) is 3.85. The van der Waals surface area contributed by atoms with Gasteiger partial charge in [-0.15, -0.1) is 0 Å². The average molecular weight is 450 g/mol. The van der Waals surface area contributed by atoms with Crippen LogP contribution in [0.25, 0.3) is 24.8 Å². The minimum atomic E-state index is -0.338. The highest BCUT2D eigenvalue weighted by molar-refractivity contribution is 6.62. The molecule has 0 bridgehead atoms. The molecule has 2 nitrogen and oxygen atoms in total. The molecule has 0 radical (unpaired) electrons. The SMILES string of the molecule is C=c1c2c(c3c(/c1=C/C=C\C)CCC=C3)CC(c1cccc(B3OC(C)(C)C(C)(C)O3)c1)C=C2. The lowest BCUT2D eigenvalue weighted by Crippen LogP contribution is -2.41. The Morgan fingerprint density at radius 1 is 1.03 bits per heavy atom. The first-order chi connectivity index (χ1) is 16.2. The maximum atomic E-state index is 6.32. The molecule has 2 aromatic carbocycles. The molecule has 2 aromatic rings. The van der Waals surface area contributed by atoms with Crippen LogP contribution < -0.4 is 15.9 Å². The molecular weight excluding hydrogens is 415 g/mol. The van der Waals surface area contributed by atoms with Gasteiger partial charge >= 0.3 is 7.12 Å². The van der Waals surface area contributed by atoms with E-state index in [0.29, 0.717) is 5.92 Å². The molecule has 0 amide bonds. The van der Waals surface area contributed by atoms with Crippen LogP contribution in [-0.4, -0.2) is 18.3 Å². The van der Waals surface area contributed by atoms with Gasteiger partial charge in [0, 0.05) is 5.92 Å². The van der Waals surface area contributed by atoms with Crippen molar-refractivity contribution in [2.75, 3.05) is 0 Å². The molecule has 174 valence electrons. The van der Waals surface area contributed by atoms with Crippen LogP contribution in [0.5, 0.6) is 0 Å². The van der Waals surface area contributed by atoms with Gasteiger partial charge in [-0.3, -0.25) is 0 Å². The summed E-state index contributed by atoms with van der Waals surface area (Å²) in [7, 11) is -0.336. The molecular formula is C31H35BO2. The minimum Gasteiger partial charge on any atom is -0.399 e. The predicted octanol–water partition coefficient (Wildman–Crippen LogP) is 5.07. The van der Waals surface area contributed by atoms with Gasteiger partial charge in [0.2, 0.25) is 0 Å². The number of fused-ring (bicyclic) bond motifs is 3. The van der Waals surface area contributed by atoms with Crippen molar-refractivity contribution in [1.82, 2.24) is 0 Å². The summed E-state index contributed by atoms with van der Waals surface area (Å²) in [5.41, 5.74) is 7.29. The van der Waals surface area contributed by atoms with Gasteiger partial charge in [0.15, 0.2) is 0 Å². The second-order valence-electron chi connectivity index (χ2n) is 10.7. The highest BCUT2D eigenvalue weighted by Gasteiger charge is 2.51. The number of benzene rings is 2. The van der Waals surface area contributed by atoms with Gasteiger partial charge in [0.05, 0.1) is 11.2 Å². The Bertz CT molecular complexity index is 1310. The van der Waals surface area contributed by atoms with Crippen molar-refractivity contribution in [3.8, 4) is 0 Å². The Morgan fingerprint density at radius 2 is 1.79 bits per heavy atom. The zero-order valence-electron chi connectivity index (χ0n) is 21.2. The summed E-state index contributed by atoms with van der Waals surface area (Å²) in [5, 5.41) is 2.45. The molecule has 2 aliphatic carbocycles. The van der Waals surface area contributed by atoms with Crippen LogP contribution in [0.2, 0.25) is 0 Å². The van der Waals surface area contributed by atoms with Crippen molar-refractivity contribution in [3.63, 3.8) is 0 Å². The first-order valence-electron chi connectivity index (χ1n) is 12.5. The molecule has 0 spiro atoms. The van der Waals surface area contributed by atoms with E-state index >= 15 is 0 Å². The van der Waals surface area contributed by atoms with E-state index < -0.39 is 0 Å². The van der Waals surface area contributed by atoms with E-state index in [0.717, 1.165) is 29.9 Å². The van der Waals surface area contributed by atoms with Crippen LogP contribution in [0.4, 0.5) is 0 Å². The van der Waals surface area contributed by atoms with E-state index in [1.165, 1.54) is 33.0 Å². The normalized spacial score (nSPS) is 22.9. The van der Waals surface area contributed by atoms with Gasteiger partial charge < -0.3 is 9.31 Å². The Kier molecular flexibility index (Phi) is 5.82. The van der Waals surface area contributed by atoms with Crippen molar-refractivity contribution in [3.05, 3.63) is 86.8 Å². The molecule has 1 aliphatic heterocycles. The average Bonchev–Trinajstić information content (AvgIpc) is 3.05. The Hall–Kier alpha value is -2.62. The Morgan fingerprint density at radius 3 is 2.53 bits per heavy atom. The van der Waals surface area contributed by atoms with Gasteiger partial charge in [-0.1, -0.05) is 73.4 Å². The smallest absolute Gasteiger partial charge is 0.399 e. The fraction of sp³-hybridized carbons (Fsp3) is 0.355. The molecule has 5 rings (SSSR count). The van der Waals surface area contributed by atoms with Gasteiger partial charge in [0.25, 0.3) is 0 Å². The summed E-state index contributed by atoms with van der Waals surface area (Å²) < 4.78 is 12.6. The van der Waals surface area contributed by atoms with E-state index in [-0.39, 0.29) is 18.3 Å². The first kappa shape index (κ1) is 23.1. The van der Waals surface area contributed by atoms with Crippen molar-refractivity contribution in [2.45, 2.75) is 71.0 Å². The summed E-state index contributed by atoms with van der Waals surface area (Å²) in [6.07, 6.45) is 18.9. The molecule has 3 heteroatoms. The van der Waals surface area contributed by atoms with E-state index in [9.17, 15) is 0 Å². The number of allylic oxidation sites excluding steroid dienone is 4. The summed E-state index contributed by atoms with van der Waals surface area (Å²) in [6, 6.07) is 8.75. The van der Waals surface area contributed by atoms with Gasteiger partial charge in [-0.25, -0.2) is 0 Å². The largest absolute Gasteiger partial charge is 0.494 e. The molecule has 1 saturated heterocycles. The third-order valence-corrected chi connectivity index (χ3v) is 8.04. The van der Waals surface area contributed by atoms with Gasteiger partial charge in [-0.2, -0.15) is 0 Å². The number of hydrogen-bond acceptors (Lipinski definition) is 2. The zero-order chi connectivity index (χ0) is 24.1. The summed E-state index contributed by atoms with van der Waals surface area (Å²) >= 11 is 0. The maximum Gasteiger partial charge on any atom is 0.494 e. The van der Waals surface area contributed by atoms with Crippen LogP contribution in [0.3, 0.4) is 0 Å². The van der Waals surface area contributed by atoms with E-state index in [2.05, 4.69) is 108 Å². The van der Waals surface area contributed by atoms with Crippen LogP contribution in [0.1, 0.15) is 74.8 Å². The molecule has 0 N–H and O–H groups in total. The summed E-state index contributed by atoms with van der Waals surface area (Å²) in [6.45, 7) is 15.0.